The fraction of sp³-hybridized carbons (Fsp3) is 0.217. The van der Waals surface area contributed by atoms with Crippen LogP contribution in [0.15, 0.2) is 78.9 Å². The van der Waals surface area contributed by atoms with Gasteiger partial charge in [0.25, 0.3) is 0 Å². The highest BCUT2D eigenvalue weighted by atomic mass is 35.5. The van der Waals surface area contributed by atoms with Gasteiger partial charge in [-0.15, -0.1) is 12.4 Å². The molecular formula is C23H24ClNO. The third-order valence-corrected chi connectivity index (χ3v) is 5.08. The van der Waals surface area contributed by atoms with Crippen LogP contribution < -0.4 is 10.1 Å². The van der Waals surface area contributed by atoms with E-state index in [1.54, 1.807) is 0 Å². The van der Waals surface area contributed by atoms with E-state index in [0.29, 0.717) is 6.61 Å². The summed E-state index contributed by atoms with van der Waals surface area (Å²) in [6.07, 6.45) is 2.44. The molecule has 1 aliphatic rings. The van der Waals surface area contributed by atoms with E-state index < -0.39 is 0 Å². The maximum atomic E-state index is 5.88. The van der Waals surface area contributed by atoms with Gasteiger partial charge in [0.1, 0.15) is 12.4 Å². The zero-order chi connectivity index (χ0) is 17.1. The van der Waals surface area contributed by atoms with Crippen molar-refractivity contribution in [2.24, 2.45) is 0 Å². The number of hydrogen-bond acceptors (Lipinski definition) is 2. The third kappa shape index (κ3) is 3.92. The molecule has 1 saturated carbocycles. The summed E-state index contributed by atoms with van der Waals surface area (Å²) in [6, 6.07) is 27.5. The van der Waals surface area contributed by atoms with Crippen molar-refractivity contribution in [3.63, 3.8) is 0 Å². The van der Waals surface area contributed by atoms with Crippen LogP contribution in [0.25, 0.3) is 11.1 Å². The molecule has 3 aromatic carbocycles. The summed E-state index contributed by atoms with van der Waals surface area (Å²) in [6.45, 7) is 0.598. The third-order valence-electron chi connectivity index (χ3n) is 5.08. The molecule has 26 heavy (non-hydrogen) atoms. The van der Waals surface area contributed by atoms with E-state index in [-0.39, 0.29) is 17.9 Å². The predicted octanol–water partition coefficient (Wildman–Crippen LogP) is 5.56. The van der Waals surface area contributed by atoms with Gasteiger partial charge in [-0.05, 0) is 60.3 Å². The van der Waals surface area contributed by atoms with Gasteiger partial charge in [0.15, 0.2) is 0 Å². The molecule has 2 nitrogen and oxygen atoms in total. The van der Waals surface area contributed by atoms with Crippen molar-refractivity contribution in [2.45, 2.75) is 25.0 Å². The Kier molecular flexibility index (Phi) is 5.65. The van der Waals surface area contributed by atoms with Crippen molar-refractivity contribution in [2.75, 3.05) is 7.05 Å². The monoisotopic (exact) mass is 365 g/mol. The van der Waals surface area contributed by atoms with Crippen LogP contribution in [0.1, 0.15) is 24.0 Å². The molecule has 0 atom stereocenters. The molecule has 1 N–H and O–H groups in total. The number of rotatable bonds is 6. The van der Waals surface area contributed by atoms with E-state index >= 15 is 0 Å². The number of benzene rings is 3. The first-order chi connectivity index (χ1) is 12.3. The fourth-order valence-corrected chi connectivity index (χ4v) is 3.29. The SMILES string of the molecule is CNC1(c2cccc(-c3ccc(OCc4ccccc4)cc3)c2)CC1.Cl. The largest absolute Gasteiger partial charge is 0.489 e. The Labute approximate surface area is 161 Å². The predicted molar refractivity (Wildman–Crippen MR) is 110 cm³/mol. The first kappa shape index (κ1) is 18.5. The van der Waals surface area contributed by atoms with Crippen LogP contribution >= 0.6 is 12.4 Å². The van der Waals surface area contributed by atoms with Crippen molar-refractivity contribution >= 4 is 12.4 Å². The van der Waals surface area contributed by atoms with Crippen LogP contribution in [0.2, 0.25) is 0 Å². The van der Waals surface area contributed by atoms with Crippen LogP contribution in [0.5, 0.6) is 5.75 Å². The van der Waals surface area contributed by atoms with E-state index in [1.165, 1.54) is 35.1 Å². The Balaban J connectivity index is 0.00000196. The van der Waals surface area contributed by atoms with Crippen LogP contribution in [0, 0.1) is 0 Å². The van der Waals surface area contributed by atoms with Crippen molar-refractivity contribution in [1.29, 1.82) is 0 Å². The van der Waals surface area contributed by atoms with E-state index in [1.807, 2.05) is 18.2 Å². The molecule has 0 saturated heterocycles. The second-order valence-corrected chi connectivity index (χ2v) is 6.71. The van der Waals surface area contributed by atoms with Gasteiger partial charge in [0.05, 0.1) is 0 Å². The zero-order valence-electron chi connectivity index (χ0n) is 14.9. The summed E-state index contributed by atoms with van der Waals surface area (Å²) in [4.78, 5) is 0. The van der Waals surface area contributed by atoms with Gasteiger partial charge < -0.3 is 10.1 Å². The average molecular weight is 366 g/mol. The lowest BCUT2D eigenvalue weighted by molar-refractivity contribution is 0.306. The van der Waals surface area contributed by atoms with Gasteiger partial charge in [-0.1, -0.05) is 60.7 Å². The molecule has 4 rings (SSSR count). The average Bonchev–Trinajstić information content (AvgIpc) is 3.49. The second kappa shape index (κ2) is 7.94. The molecule has 0 unspecified atom stereocenters. The molecule has 0 heterocycles. The van der Waals surface area contributed by atoms with Gasteiger partial charge in [0.2, 0.25) is 0 Å². The maximum absolute atomic E-state index is 5.88. The number of nitrogens with one attached hydrogen (secondary N) is 1. The summed E-state index contributed by atoms with van der Waals surface area (Å²) >= 11 is 0. The molecule has 3 aromatic rings. The van der Waals surface area contributed by atoms with Crippen LogP contribution in [0.4, 0.5) is 0 Å². The Morgan fingerprint density at radius 3 is 2.23 bits per heavy atom. The molecule has 0 amide bonds. The highest BCUT2D eigenvalue weighted by molar-refractivity contribution is 5.85. The van der Waals surface area contributed by atoms with Gasteiger partial charge >= 0.3 is 0 Å². The lowest BCUT2D eigenvalue weighted by Gasteiger charge is -2.16. The maximum Gasteiger partial charge on any atom is 0.119 e. The summed E-state index contributed by atoms with van der Waals surface area (Å²) in [7, 11) is 2.05. The zero-order valence-corrected chi connectivity index (χ0v) is 15.8. The van der Waals surface area contributed by atoms with Crippen molar-refractivity contribution in [3.05, 3.63) is 90.0 Å². The molecule has 1 aliphatic carbocycles. The summed E-state index contributed by atoms with van der Waals surface area (Å²) in [5, 5.41) is 3.47. The summed E-state index contributed by atoms with van der Waals surface area (Å²) in [5.41, 5.74) is 5.25. The Morgan fingerprint density at radius 2 is 1.58 bits per heavy atom. The quantitative estimate of drug-likeness (QED) is 0.617. The van der Waals surface area contributed by atoms with Crippen LogP contribution in [-0.4, -0.2) is 7.05 Å². The second-order valence-electron chi connectivity index (χ2n) is 6.71. The van der Waals surface area contributed by atoms with E-state index in [2.05, 4.69) is 73.0 Å². The highest BCUT2D eigenvalue weighted by Crippen LogP contribution is 2.45. The summed E-state index contributed by atoms with van der Waals surface area (Å²) in [5.74, 6) is 0.901. The molecule has 1 fully saturated rings. The van der Waals surface area contributed by atoms with Crippen molar-refractivity contribution < 1.29 is 4.74 Å². The van der Waals surface area contributed by atoms with Crippen molar-refractivity contribution in [3.8, 4) is 16.9 Å². The minimum Gasteiger partial charge on any atom is -0.489 e. The molecule has 0 aliphatic heterocycles. The summed E-state index contributed by atoms with van der Waals surface area (Å²) < 4.78 is 5.88. The lowest BCUT2D eigenvalue weighted by atomic mass is 9.98. The van der Waals surface area contributed by atoms with Crippen LogP contribution in [0.3, 0.4) is 0 Å². The standard InChI is InChI=1S/C23H23NO.ClH/c1-24-23(14-15-23)21-9-5-8-20(16-21)19-10-12-22(13-11-19)25-17-18-6-3-2-4-7-18;/h2-13,16,24H,14-15,17H2,1H3;1H. The molecule has 134 valence electrons. The van der Waals surface area contributed by atoms with Gasteiger partial charge in [-0.2, -0.15) is 0 Å². The molecule has 3 heteroatoms. The molecule has 0 aromatic heterocycles. The van der Waals surface area contributed by atoms with Gasteiger partial charge in [-0.3, -0.25) is 0 Å². The molecule has 0 spiro atoms. The normalized spacial score (nSPS) is 14.3. The van der Waals surface area contributed by atoms with E-state index in [0.717, 1.165) is 5.75 Å². The Hall–Kier alpha value is -2.29. The molecule has 0 bridgehead atoms. The highest BCUT2D eigenvalue weighted by Gasteiger charge is 2.42. The minimum absolute atomic E-state index is 0. The smallest absolute Gasteiger partial charge is 0.119 e. The molecular weight excluding hydrogens is 342 g/mol. The Bertz CT molecular complexity index is 842. The van der Waals surface area contributed by atoms with Crippen molar-refractivity contribution in [1.82, 2.24) is 5.32 Å². The first-order valence-corrected chi connectivity index (χ1v) is 8.86. The topological polar surface area (TPSA) is 21.3 Å². The number of halogens is 1. The van der Waals surface area contributed by atoms with E-state index in [4.69, 9.17) is 4.74 Å². The fourth-order valence-electron chi connectivity index (χ4n) is 3.29. The minimum atomic E-state index is 0. The molecule has 0 radical (unpaired) electrons. The first-order valence-electron chi connectivity index (χ1n) is 8.86. The van der Waals surface area contributed by atoms with Gasteiger partial charge in [0, 0.05) is 5.54 Å². The van der Waals surface area contributed by atoms with Crippen LogP contribution in [-0.2, 0) is 12.1 Å². The Morgan fingerprint density at radius 1 is 0.846 bits per heavy atom. The number of hydrogen-bond donors (Lipinski definition) is 1. The lowest BCUT2D eigenvalue weighted by Crippen LogP contribution is -2.24. The van der Waals surface area contributed by atoms with E-state index in [9.17, 15) is 0 Å². The van der Waals surface area contributed by atoms with Gasteiger partial charge in [-0.25, -0.2) is 0 Å². The number of ether oxygens (including phenoxy) is 1.